The fraction of sp³-hybridized carbons (Fsp3) is 0.273. The number of allylic oxidation sites excluding steroid dienone is 1. The normalized spacial score (nSPS) is 11.4. The molecule has 0 aromatic heterocycles. The average molecular weight is 161 g/mol. The van der Waals surface area contributed by atoms with Gasteiger partial charge in [0.05, 0.1) is 0 Å². The summed E-state index contributed by atoms with van der Waals surface area (Å²) in [4.78, 5) is 0. The van der Waals surface area contributed by atoms with Crippen LogP contribution < -0.4 is 5.32 Å². The lowest BCUT2D eigenvalue weighted by Crippen LogP contribution is -2.05. The van der Waals surface area contributed by atoms with Crippen LogP contribution in [0.2, 0.25) is 0 Å². The molecule has 1 aromatic rings. The minimum atomic E-state index is 1.19. The molecule has 1 N–H and O–H groups in total. The molecule has 1 aromatic carbocycles. The summed E-state index contributed by atoms with van der Waals surface area (Å²) in [5.74, 6) is 0. The van der Waals surface area contributed by atoms with Gasteiger partial charge in [0.2, 0.25) is 0 Å². The molecule has 1 heteroatoms. The van der Waals surface area contributed by atoms with Gasteiger partial charge in [0.15, 0.2) is 0 Å². The van der Waals surface area contributed by atoms with E-state index in [2.05, 4.69) is 42.6 Å². The molecule has 0 atom stereocenters. The Kier molecular flexibility index (Phi) is 2.92. The first kappa shape index (κ1) is 8.85. The highest BCUT2D eigenvalue weighted by Crippen LogP contribution is 2.14. The zero-order valence-corrected chi connectivity index (χ0v) is 7.89. The van der Waals surface area contributed by atoms with E-state index in [1.54, 1.807) is 0 Å². The first-order valence-corrected chi connectivity index (χ1v) is 4.19. The van der Waals surface area contributed by atoms with E-state index in [1.807, 2.05) is 14.0 Å². The van der Waals surface area contributed by atoms with Gasteiger partial charge in [-0.2, -0.15) is 0 Å². The molecule has 0 bridgehead atoms. The van der Waals surface area contributed by atoms with Crippen LogP contribution in [-0.4, -0.2) is 7.05 Å². The quantitative estimate of drug-likeness (QED) is 0.703. The Labute approximate surface area is 74.1 Å². The van der Waals surface area contributed by atoms with E-state index >= 15 is 0 Å². The molecule has 0 aliphatic rings. The highest BCUT2D eigenvalue weighted by Gasteiger charge is 1.99. The minimum Gasteiger partial charge on any atom is -0.388 e. The van der Waals surface area contributed by atoms with E-state index in [1.165, 1.54) is 16.8 Å². The molecular weight excluding hydrogens is 146 g/mol. The van der Waals surface area contributed by atoms with Gasteiger partial charge in [0, 0.05) is 18.3 Å². The maximum absolute atomic E-state index is 3.17. The van der Waals surface area contributed by atoms with E-state index in [0.29, 0.717) is 0 Å². The van der Waals surface area contributed by atoms with Gasteiger partial charge in [0.1, 0.15) is 0 Å². The van der Waals surface area contributed by atoms with Crippen molar-refractivity contribution in [3.63, 3.8) is 0 Å². The molecule has 0 heterocycles. The van der Waals surface area contributed by atoms with Gasteiger partial charge >= 0.3 is 0 Å². The van der Waals surface area contributed by atoms with Crippen molar-refractivity contribution in [1.82, 2.24) is 5.32 Å². The highest BCUT2D eigenvalue weighted by molar-refractivity contribution is 5.65. The molecule has 12 heavy (non-hydrogen) atoms. The summed E-state index contributed by atoms with van der Waals surface area (Å²) in [6.07, 6.45) is 2.09. The van der Waals surface area contributed by atoms with Crippen molar-refractivity contribution in [2.45, 2.75) is 13.8 Å². The van der Waals surface area contributed by atoms with Crippen LogP contribution in [0.1, 0.15) is 18.1 Å². The molecule has 0 radical (unpaired) electrons. The van der Waals surface area contributed by atoms with Crippen LogP contribution in [-0.2, 0) is 0 Å². The summed E-state index contributed by atoms with van der Waals surface area (Å²) in [6, 6.07) is 8.36. The molecule has 0 aliphatic carbocycles. The summed E-state index contributed by atoms with van der Waals surface area (Å²) in [5.41, 5.74) is 3.77. The van der Waals surface area contributed by atoms with Crippen LogP contribution in [0.4, 0.5) is 0 Å². The van der Waals surface area contributed by atoms with E-state index in [0.717, 1.165) is 0 Å². The second kappa shape index (κ2) is 3.96. The van der Waals surface area contributed by atoms with Gasteiger partial charge in [-0.1, -0.05) is 30.3 Å². The topological polar surface area (TPSA) is 12.0 Å². The van der Waals surface area contributed by atoms with Crippen molar-refractivity contribution in [1.29, 1.82) is 0 Å². The summed E-state index contributed by atoms with van der Waals surface area (Å²) in [7, 11) is 1.95. The third-order valence-corrected chi connectivity index (χ3v) is 1.99. The Hall–Kier alpha value is -1.24. The van der Waals surface area contributed by atoms with Crippen LogP contribution >= 0.6 is 0 Å². The van der Waals surface area contributed by atoms with E-state index in [9.17, 15) is 0 Å². The largest absolute Gasteiger partial charge is 0.388 e. The minimum absolute atomic E-state index is 1.19. The number of benzene rings is 1. The number of rotatable bonds is 2. The van der Waals surface area contributed by atoms with Gasteiger partial charge in [-0.05, 0) is 19.4 Å². The molecule has 0 amide bonds. The van der Waals surface area contributed by atoms with Crippen LogP contribution in [0.5, 0.6) is 0 Å². The van der Waals surface area contributed by atoms with Crippen molar-refractivity contribution < 1.29 is 0 Å². The summed E-state index contributed by atoms with van der Waals surface area (Å²) in [5, 5.41) is 3.17. The first-order valence-electron chi connectivity index (χ1n) is 4.19. The molecule has 1 nitrogen and oxygen atoms in total. The van der Waals surface area contributed by atoms with E-state index in [-0.39, 0.29) is 0 Å². The molecular formula is C11H15N. The predicted octanol–water partition coefficient (Wildman–Crippen LogP) is 2.58. The van der Waals surface area contributed by atoms with Crippen LogP contribution in [0, 0.1) is 6.92 Å². The van der Waals surface area contributed by atoms with Crippen molar-refractivity contribution >= 4 is 5.70 Å². The second-order valence-corrected chi connectivity index (χ2v) is 2.77. The summed E-state index contributed by atoms with van der Waals surface area (Å²) in [6.45, 7) is 4.16. The lowest BCUT2D eigenvalue weighted by atomic mass is 10.1. The lowest BCUT2D eigenvalue weighted by Gasteiger charge is -2.08. The third-order valence-electron chi connectivity index (χ3n) is 1.99. The van der Waals surface area contributed by atoms with Crippen molar-refractivity contribution in [2.24, 2.45) is 0 Å². The van der Waals surface area contributed by atoms with Crippen molar-refractivity contribution in [3.05, 3.63) is 41.5 Å². The lowest BCUT2D eigenvalue weighted by molar-refractivity contribution is 1.11. The number of nitrogens with one attached hydrogen (secondary N) is 1. The van der Waals surface area contributed by atoms with E-state index in [4.69, 9.17) is 0 Å². The van der Waals surface area contributed by atoms with Gasteiger partial charge < -0.3 is 5.32 Å². The smallest absolute Gasteiger partial charge is 0.0370 e. The second-order valence-electron chi connectivity index (χ2n) is 2.77. The fourth-order valence-corrected chi connectivity index (χ4v) is 1.31. The molecule has 1 rings (SSSR count). The van der Waals surface area contributed by atoms with Crippen molar-refractivity contribution in [3.8, 4) is 0 Å². The van der Waals surface area contributed by atoms with E-state index < -0.39 is 0 Å². The molecule has 0 unspecified atom stereocenters. The highest BCUT2D eigenvalue weighted by atomic mass is 14.8. The molecule has 0 fully saturated rings. The first-order chi connectivity index (χ1) is 5.79. The summed E-state index contributed by atoms with van der Waals surface area (Å²) < 4.78 is 0. The number of aryl methyl sites for hydroxylation is 1. The summed E-state index contributed by atoms with van der Waals surface area (Å²) >= 11 is 0. The molecule has 0 spiro atoms. The van der Waals surface area contributed by atoms with Gasteiger partial charge in [-0.3, -0.25) is 0 Å². The van der Waals surface area contributed by atoms with Crippen LogP contribution in [0.3, 0.4) is 0 Å². The third kappa shape index (κ3) is 1.67. The molecule has 64 valence electrons. The monoisotopic (exact) mass is 161 g/mol. The molecule has 0 aliphatic heterocycles. The molecule has 0 saturated carbocycles. The Balaban J connectivity index is 3.10. The standard InChI is InChI=1S/C11H15N/c1-4-11(12-3)10-8-6-5-7-9(10)2/h4-8,12H,1-3H3/b11-4+. The maximum atomic E-state index is 3.17. The van der Waals surface area contributed by atoms with Crippen molar-refractivity contribution in [2.75, 3.05) is 7.05 Å². The fourth-order valence-electron chi connectivity index (χ4n) is 1.31. The van der Waals surface area contributed by atoms with Gasteiger partial charge in [-0.15, -0.1) is 0 Å². The van der Waals surface area contributed by atoms with Gasteiger partial charge in [0.25, 0.3) is 0 Å². The SMILES string of the molecule is C/C=C(/NC)c1ccccc1C. The number of hydrogen-bond donors (Lipinski definition) is 1. The maximum Gasteiger partial charge on any atom is 0.0370 e. The molecule has 0 saturated heterocycles. The zero-order chi connectivity index (χ0) is 8.97. The Morgan fingerprint density at radius 3 is 2.50 bits per heavy atom. The predicted molar refractivity (Wildman–Crippen MR) is 53.9 cm³/mol. The van der Waals surface area contributed by atoms with Crippen LogP contribution in [0.25, 0.3) is 5.70 Å². The Morgan fingerprint density at radius 1 is 1.33 bits per heavy atom. The van der Waals surface area contributed by atoms with Crippen LogP contribution in [0.15, 0.2) is 30.3 Å². The zero-order valence-electron chi connectivity index (χ0n) is 7.89. The Morgan fingerprint density at radius 2 is 2.00 bits per heavy atom. The van der Waals surface area contributed by atoms with Gasteiger partial charge in [-0.25, -0.2) is 0 Å². The average Bonchev–Trinajstić information content (AvgIpc) is 2.10. The number of hydrogen-bond acceptors (Lipinski definition) is 1. The Bertz CT molecular complexity index is 287.